The van der Waals surface area contributed by atoms with E-state index in [4.69, 9.17) is 9.26 Å². The van der Waals surface area contributed by atoms with E-state index in [9.17, 15) is 9.59 Å². The van der Waals surface area contributed by atoms with Crippen molar-refractivity contribution in [1.82, 2.24) is 25.3 Å². The Balaban J connectivity index is 0.00000130. The number of likely N-dealkylation sites (tertiary alicyclic amines) is 1. The van der Waals surface area contributed by atoms with Gasteiger partial charge in [0.15, 0.2) is 6.33 Å². The minimum Gasteiger partial charge on any atom is -0.356 e. The first kappa shape index (κ1) is 24.5. The Morgan fingerprint density at radius 1 is 1.28 bits per heavy atom. The van der Waals surface area contributed by atoms with Gasteiger partial charge in [-0.3, -0.25) is 24.8 Å². The number of hydrogen-bond donors (Lipinski definition) is 1. The lowest BCUT2D eigenvalue weighted by Crippen LogP contribution is -2.44. The molecule has 2 amide bonds. The number of rotatable bonds is 4. The van der Waals surface area contributed by atoms with Crippen molar-refractivity contribution in [3.63, 3.8) is 0 Å². The molecule has 1 aromatic carbocycles. The van der Waals surface area contributed by atoms with Crippen LogP contribution in [0.25, 0.3) is 10.9 Å². The Morgan fingerprint density at radius 2 is 2.08 bits per heavy atom. The number of fused-ring (bicyclic) bond motifs is 2. The van der Waals surface area contributed by atoms with Gasteiger partial charge in [0.05, 0.1) is 18.0 Å². The highest BCUT2D eigenvalue weighted by Crippen LogP contribution is 2.61. The summed E-state index contributed by atoms with van der Waals surface area (Å²) in [5.74, 6) is -0.993. The Hall–Kier alpha value is -3.24. The van der Waals surface area contributed by atoms with Crippen molar-refractivity contribution in [3.05, 3.63) is 53.1 Å². The summed E-state index contributed by atoms with van der Waals surface area (Å²) in [5, 5.41) is 6.39. The van der Waals surface area contributed by atoms with E-state index in [1.165, 1.54) is 6.33 Å². The zero-order chi connectivity index (χ0) is 25.7. The molecule has 2 aromatic heterocycles. The predicted molar refractivity (Wildman–Crippen MR) is 128 cm³/mol. The second kappa shape index (κ2) is 9.01. The van der Waals surface area contributed by atoms with E-state index in [0.717, 1.165) is 0 Å². The van der Waals surface area contributed by atoms with Gasteiger partial charge >= 0.3 is 0 Å². The molecular formula is C26H30FN5O4. The number of benzene rings is 1. The normalized spacial score (nSPS) is 27.8. The average molecular weight is 496 g/mol. The van der Waals surface area contributed by atoms with Crippen molar-refractivity contribution < 1.29 is 23.2 Å². The zero-order valence-corrected chi connectivity index (χ0v) is 20.9. The molecule has 10 heteroatoms. The molecule has 0 bridgehead atoms. The van der Waals surface area contributed by atoms with Crippen molar-refractivity contribution in [1.29, 1.82) is 0 Å². The molecule has 3 atom stereocenters. The first-order valence-corrected chi connectivity index (χ1v) is 12.4. The number of amides is 2. The highest BCUT2D eigenvalue weighted by molar-refractivity contribution is 6.01. The second-order valence-electron chi connectivity index (χ2n) is 9.62. The van der Waals surface area contributed by atoms with Crippen LogP contribution in [0.2, 0.25) is 0 Å². The van der Waals surface area contributed by atoms with Crippen molar-refractivity contribution >= 4 is 22.7 Å². The third-order valence-electron chi connectivity index (χ3n) is 7.50. The van der Waals surface area contributed by atoms with Crippen LogP contribution in [0, 0.1) is 12.7 Å². The van der Waals surface area contributed by atoms with Crippen LogP contribution >= 0.6 is 0 Å². The first-order chi connectivity index (χ1) is 17.3. The molecule has 3 aromatic rings. The topological polar surface area (TPSA) is 114 Å². The molecule has 3 unspecified atom stereocenters. The summed E-state index contributed by atoms with van der Waals surface area (Å²) >= 11 is 0. The number of piperidine rings is 2. The van der Waals surface area contributed by atoms with E-state index in [0.29, 0.717) is 66.1 Å². The van der Waals surface area contributed by atoms with Gasteiger partial charge in [0.2, 0.25) is 17.7 Å². The number of epoxide rings is 1. The van der Waals surface area contributed by atoms with E-state index >= 15 is 4.39 Å². The number of ether oxygens (including phenoxy) is 1. The molecule has 36 heavy (non-hydrogen) atoms. The van der Waals surface area contributed by atoms with Crippen LogP contribution in [0.15, 0.2) is 29.0 Å². The number of hydrogen-bond acceptors (Lipinski definition) is 8. The van der Waals surface area contributed by atoms with Crippen LogP contribution in [-0.4, -0.2) is 50.5 Å². The number of pyridine rings is 1. The fourth-order valence-corrected chi connectivity index (χ4v) is 5.70. The van der Waals surface area contributed by atoms with E-state index in [2.05, 4.69) is 25.3 Å². The molecule has 190 valence electrons. The number of nitrogens with one attached hydrogen (secondary N) is 1. The summed E-state index contributed by atoms with van der Waals surface area (Å²) in [6.07, 6.45) is 2.65. The second-order valence-corrected chi connectivity index (χ2v) is 9.62. The van der Waals surface area contributed by atoms with Crippen molar-refractivity contribution in [2.75, 3.05) is 13.1 Å². The average Bonchev–Trinajstić information content (AvgIpc) is 3.17. The number of carbonyl (C=O) groups excluding carboxylic acids is 2. The van der Waals surface area contributed by atoms with E-state index in [1.807, 2.05) is 33.8 Å². The standard InChI is InChI=1S/C24H24FN5O4.C2H6/c1-13-15(14-3-6-19(31)29-22(14)32)9-16-18(28-13)5-4-17(21(16)25)24-7-8-30(11-23(24,2)34-24)10-20-26-12-27-33-20;1-2/h4-5,9,12,14H,3,6-8,10-11H2,1-2H3,(H,29,31,32);1-2H3. The summed E-state index contributed by atoms with van der Waals surface area (Å²) < 4.78 is 27.4. The lowest BCUT2D eigenvalue weighted by Gasteiger charge is -2.32. The van der Waals surface area contributed by atoms with Gasteiger partial charge in [0, 0.05) is 36.2 Å². The molecule has 3 aliphatic heterocycles. The number of carbonyl (C=O) groups is 2. The summed E-state index contributed by atoms with van der Waals surface area (Å²) in [4.78, 5) is 34.8. The molecule has 9 nitrogen and oxygen atoms in total. The van der Waals surface area contributed by atoms with Gasteiger partial charge in [0.1, 0.15) is 17.0 Å². The monoisotopic (exact) mass is 495 g/mol. The van der Waals surface area contributed by atoms with E-state index in [1.54, 1.807) is 12.1 Å². The number of imide groups is 1. The maximum atomic E-state index is 16.0. The highest BCUT2D eigenvalue weighted by atomic mass is 19.1. The molecule has 1 N–H and O–H groups in total. The number of nitrogens with zero attached hydrogens (tertiary/aromatic N) is 4. The molecule has 0 radical (unpaired) electrons. The molecule has 3 saturated heterocycles. The third-order valence-corrected chi connectivity index (χ3v) is 7.50. The maximum absolute atomic E-state index is 16.0. The minimum atomic E-state index is -0.712. The summed E-state index contributed by atoms with van der Waals surface area (Å²) in [7, 11) is 0. The SMILES string of the molecule is CC.Cc1nc2ccc(C34CCN(Cc5ncno5)CC3(C)O4)c(F)c2cc1C1CCC(=O)NC1=O. The van der Waals surface area contributed by atoms with Crippen LogP contribution in [0.4, 0.5) is 4.39 Å². The first-order valence-electron chi connectivity index (χ1n) is 12.4. The lowest BCUT2D eigenvalue weighted by molar-refractivity contribution is -0.134. The molecule has 0 saturated carbocycles. The van der Waals surface area contributed by atoms with E-state index < -0.39 is 17.1 Å². The van der Waals surface area contributed by atoms with Crippen molar-refractivity contribution in [2.24, 2.45) is 0 Å². The molecule has 5 heterocycles. The molecule has 6 rings (SSSR count). The predicted octanol–water partition coefficient (Wildman–Crippen LogP) is 3.50. The third kappa shape index (κ3) is 3.88. The summed E-state index contributed by atoms with van der Waals surface area (Å²) in [5.41, 5.74) is 1.11. The van der Waals surface area contributed by atoms with Crippen LogP contribution in [-0.2, 0) is 26.5 Å². The van der Waals surface area contributed by atoms with Gasteiger partial charge in [0.25, 0.3) is 0 Å². The zero-order valence-electron chi connectivity index (χ0n) is 20.9. The fourth-order valence-electron chi connectivity index (χ4n) is 5.70. The quantitative estimate of drug-likeness (QED) is 0.432. The van der Waals surface area contributed by atoms with E-state index in [-0.39, 0.29) is 24.1 Å². The largest absolute Gasteiger partial charge is 0.356 e. The fraction of sp³-hybridized carbons (Fsp3) is 0.500. The molecule has 0 aliphatic carbocycles. The minimum absolute atomic E-state index is 0.256. The van der Waals surface area contributed by atoms with Crippen LogP contribution in [0.5, 0.6) is 0 Å². The van der Waals surface area contributed by atoms with Crippen LogP contribution in [0.3, 0.4) is 0 Å². The Kier molecular flexibility index (Phi) is 6.12. The molecule has 0 spiro atoms. The molecule has 3 aliphatic rings. The molecular weight excluding hydrogens is 465 g/mol. The summed E-state index contributed by atoms with van der Waals surface area (Å²) in [6, 6.07) is 5.31. The van der Waals surface area contributed by atoms with Crippen molar-refractivity contribution in [2.45, 2.75) is 70.6 Å². The number of halogens is 1. The van der Waals surface area contributed by atoms with Gasteiger partial charge < -0.3 is 9.26 Å². The van der Waals surface area contributed by atoms with Gasteiger partial charge in [-0.15, -0.1) is 0 Å². The van der Waals surface area contributed by atoms with Gasteiger partial charge in [-0.2, -0.15) is 4.98 Å². The smallest absolute Gasteiger partial charge is 0.240 e. The van der Waals surface area contributed by atoms with Gasteiger partial charge in [-0.1, -0.05) is 25.1 Å². The Labute approximate surface area is 208 Å². The molecule has 3 fully saturated rings. The van der Waals surface area contributed by atoms with Gasteiger partial charge in [-0.25, -0.2) is 4.39 Å². The maximum Gasteiger partial charge on any atom is 0.240 e. The highest BCUT2D eigenvalue weighted by Gasteiger charge is 2.70. The lowest BCUT2D eigenvalue weighted by atomic mass is 9.80. The summed E-state index contributed by atoms with van der Waals surface area (Å²) in [6.45, 7) is 9.64. The van der Waals surface area contributed by atoms with Crippen LogP contribution < -0.4 is 5.32 Å². The van der Waals surface area contributed by atoms with Crippen molar-refractivity contribution in [3.8, 4) is 0 Å². The Bertz CT molecular complexity index is 1330. The number of aryl methyl sites for hydroxylation is 1. The van der Waals surface area contributed by atoms with Crippen LogP contribution in [0.1, 0.15) is 68.7 Å². The Morgan fingerprint density at radius 3 is 2.78 bits per heavy atom. The number of aromatic nitrogens is 3. The van der Waals surface area contributed by atoms with Gasteiger partial charge in [-0.05, 0) is 44.4 Å².